The average molecular weight is 306 g/mol. The van der Waals surface area contributed by atoms with E-state index < -0.39 is 0 Å². The Balaban J connectivity index is 2.11. The summed E-state index contributed by atoms with van der Waals surface area (Å²) in [6.07, 6.45) is 0. The van der Waals surface area contributed by atoms with E-state index in [1.165, 1.54) is 16.7 Å². The summed E-state index contributed by atoms with van der Waals surface area (Å²) in [6.45, 7) is 4.72. The second-order valence-electron chi connectivity index (χ2n) is 4.40. The third-order valence-electron chi connectivity index (χ3n) is 2.85. The molecule has 0 aliphatic carbocycles. The van der Waals surface area contributed by atoms with Gasteiger partial charge in [0.2, 0.25) is 0 Å². The molecular formula is C15H16BrNO. The minimum Gasteiger partial charge on any atom is -0.487 e. The van der Waals surface area contributed by atoms with Gasteiger partial charge in [-0.25, -0.2) is 0 Å². The average Bonchev–Trinajstić information content (AvgIpc) is 2.30. The number of halogens is 1. The normalized spacial score (nSPS) is 10.4. The molecule has 94 valence electrons. The zero-order valence-corrected chi connectivity index (χ0v) is 12.1. The summed E-state index contributed by atoms with van der Waals surface area (Å²) in [6, 6.07) is 12.0. The largest absolute Gasteiger partial charge is 0.487 e. The number of nitrogens with two attached hydrogens (primary N) is 1. The first-order chi connectivity index (χ1) is 8.56. The molecule has 0 amide bonds. The van der Waals surface area contributed by atoms with Crippen LogP contribution in [0.4, 0.5) is 5.69 Å². The van der Waals surface area contributed by atoms with Crippen molar-refractivity contribution in [1.29, 1.82) is 0 Å². The zero-order valence-electron chi connectivity index (χ0n) is 10.5. The van der Waals surface area contributed by atoms with Crippen molar-refractivity contribution in [1.82, 2.24) is 0 Å². The molecule has 0 fully saturated rings. The molecule has 18 heavy (non-hydrogen) atoms. The maximum atomic E-state index is 5.89. The van der Waals surface area contributed by atoms with Gasteiger partial charge in [-0.15, -0.1) is 0 Å². The quantitative estimate of drug-likeness (QED) is 0.861. The Morgan fingerprint density at radius 1 is 1.11 bits per heavy atom. The molecule has 0 aromatic heterocycles. The molecule has 2 aromatic carbocycles. The summed E-state index contributed by atoms with van der Waals surface area (Å²) >= 11 is 3.38. The van der Waals surface area contributed by atoms with E-state index in [-0.39, 0.29) is 0 Å². The van der Waals surface area contributed by atoms with Gasteiger partial charge in [-0.05, 0) is 43.2 Å². The molecule has 0 radical (unpaired) electrons. The molecule has 0 spiro atoms. The number of hydrogen-bond acceptors (Lipinski definition) is 2. The molecule has 2 N–H and O–H groups in total. The summed E-state index contributed by atoms with van der Waals surface area (Å²) in [5, 5.41) is 0. The first kappa shape index (κ1) is 13.0. The van der Waals surface area contributed by atoms with Crippen molar-refractivity contribution in [3.8, 4) is 5.75 Å². The van der Waals surface area contributed by atoms with E-state index in [0.29, 0.717) is 12.3 Å². The van der Waals surface area contributed by atoms with Gasteiger partial charge in [-0.3, -0.25) is 0 Å². The lowest BCUT2D eigenvalue weighted by Crippen LogP contribution is -2.00. The highest BCUT2D eigenvalue weighted by Gasteiger charge is 2.03. The van der Waals surface area contributed by atoms with Gasteiger partial charge in [0.05, 0.1) is 5.69 Å². The van der Waals surface area contributed by atoms with Crippen molar-refractivity contribution in [2.75, 3.05) is 5.73 Å². The van der Waals surface area contributed by atoms with Crippen molar-refractivity contribution in [2.24, 2.45) is 0 Å². The number of aryl methyl sites for hydroxylation is 2. The van der Waals surface area contributed by atoms with Crippen LogP contribution in [0.1, 0.15) is 16.7 Å². The number of nitrogen functional groups attached to an aromatic ring is 1. The van der Waals surface area contributed by atoms with Crippen molar-refractivity contribution in [3.05, 3.63) is 57.6 Å². The fourth-order valence-corrected chi connectivity index (χ4v) is 2.19. The minimum atomic E-state index is 0.540. The first-order valence-corrected chi connectivity index (χ1v) is 6.59. The van der Waals surface area contributed by atoms with Crippen LogP contribution in [-0.4, -0.2) is 0 Å². The van der Waals surface area contributed by atoms with Crippen molar-refractivity contribution >= 4 is 21.6 Å². The summed E-state index contributed by atoms with van der Waals surface area (Å²) in [4.78, 5) is 0. The summed E-state index contributed by atoms with van der Waals surface area (Å²) in [5.74, 6) is 0.721. The summed E-state index contributed by atoms with van der Waals surface area (Å²) in [7, 11) is 0. The van der Waals surface area contributed by atoms with Crippen LogP contribution in [0.3, 0.4) is 0 Å². The molecule has 3 heteroatoms. The third kappa shape index (κ3) is 3.05. The third-order valence-corrected chi connectivity index (χ3v) is 3.35. The highest BCUT2D eigenvalue weighted by Crippen LogP contribution is 2.26. The zero-order chi connectivity index (χ0) is 13.1. The SMILES string of the molecule is Cc1ccc(COc2ccc(Br)cc2N)c(C)c1. The van der Waals surface area contributed by atoms with Crippen LogP contribution >= 0.6 is 15.9 Å². The van der Waals surface area contributed by atoms with E-state index in [4.69, 9.17) is 10.5 Å². The lowest BCUT2D eigenvalue weighted by Gasteiger charge is -2.11. The molecule has 0 aliphatic rings. The Labute approximate surface area is 116 Å². The van der Waals surface area contributed by atoms with Crippen LogP contribution in [0.25, 0.3) is 0 Å². The molecule has 0 atom stereocenters. The van der Waals surface area contributed by atoms with Gasteiger partial charge in [0.15, 0.2) is 0 Å². The minimum absolute atomic E-state index is 0.540. The second-order valence-corrected chi connectivity index (χ2v) is 5.32. The Morgan fingerprint density at radius 3 is 2.56 bits per heavy atom. The fourth-order valence-electron chi connectivity index (χ4n) is 1.81. The van der Waals surface area contributed by atoms with E-state index in [1.807, 2.05) is 18.2 Å². The maximum Gasteiger partial charge on any atom is 0.142 e. The summed E-state index contributed by atoms with van der Waals surface area (Å²) in [5.41, 5.74) is 10.2. The molecule has 0 saturated carbocycles. The highest BCUT2D eigenvalue weighted by atomic mass is 79.9. The van der Waals surface area contributed by atoms with Crippen molar-refractivity contribution in [3.63, 3.8) is 0 Å². The van der Waals surface area contributed by atoms with E-state index in [9.17, 15) is 0 Å². The van der Waals surface area contributed by atoms with Gasteiger partial charge in [0.1, 0.15) is 12.4 Å². The molecule has 2 rings (SSSR count). The van der Waals surface area contributed by atoms with Gasteiger partial charge in [0, 0.05) is 4.47 Å². The van der Waals surface area contributed by atoms with Crippen LogP contribution in [0.5, 0.6) is 5.75 Å². The monoisotopic (exact) mass is 305 g/mol. The maximum absolute atomic E-state index is 5.89. The fraction of sp³-hybridized carbons (Fsp3) is 0.200. The standard InChI is InChI=1S/C15H16BrNO/c1-10-3-4-12(11(2)7-10)9-18-15-6-5-13(16)8-14(15)17/h3-8H,9,17H2,1-2H3. The van der Waals surface area contributed by atoms with Gasteiger partial charge in [-0.2, -0.15) is 0 Å². The topological polar surface area (TPSA) is 35.2 Å². The Kier molecular flexibility index (Phi) is 3.92. The number of benzene rings is 2. The van der Waals surface area contributed by atoms with E-state index in [0.717, 1.165) is 10.2 Å². The second kappa shape index (κ2) is 5.44. The molecule has 0 aliphatic heterocycles. The van der Waals surface area contributed by atoms with Crippen LogP contribution in [-0.2, 0) is 6.61 Å². The van der Waals surface area contributed by atoms with Gasteiger partial charge < -0.3 is 10.5 Å². The van der Waals surface area contributed by atoms with Crippen LogP contribution < -0.4 is 10.5 Å². The Morgan fingerprint density at radius 2 is 1.89 bits per heavy atom. The van der Waals surface area contributed by atoms with Crippen molar-refractivity contribution < 1.29 is 4.74 Å². The molecule has 2 nitrogen and oxygen atoms in total. The molecule has 0 unspecified atom stereocenters. The number of ether oxygens (including phenoxy) is 1. The lowest BCUT2D eigenvalue weighted by atomic mass is 10.1. The highest BCUT2D eigenvalue weighted by molar-refractivity contribution is 9.10. The Bertz CT molecular complexity index is 515. The predicted molar refractivity (Wildman–Crippen MR) is 78.8 cm³/mol. The Hall–Kier alpha value is -1.48. The molecule has 0 saturated heterocycles. The van der Waals surface area contributed by atoms with Crippen LogP contribution in [0, 0.1) is 13.8 Å². The molecule has 0 bridgehead atoms. The smallest absolute Gasteiger partial charge is 0.142 e. The molecule has 2 aromatic rings. The van der Waals surface area contributed by atoms with Gasteiger partial charge in [-0.1, -0.05) is 39.7 Å². The van der Waals surface area contributed by atoms with E-state index >= 15 is 0 Å². The first-order valence-electron chi connectivity index (χ1n) is 5.80. The van der Waals surface area contributed by atoms with Crippen molar-refractivity contribution in [2.45, 2.75) is 20.5 Å². The molecule has 0 heterocycles. The predicted octanol–water partition coefficient (Wildman–Crippen LogP) is 4.23. The summed E-state index contributed by atoms with van der Waals surface area (Å²) < 4.78 is 6.71. The molecular weight excluding hydrogens is 290 g/mol. The van der Waals surface area contributed by atoms with E-state index in [1.54, 1.807) is 0 Å². The lowest BCUT2D eigenvalue weighted by molar-refractivity contribution is 0.307. The van der Waals surface area contributed by atoms with Gasteiger partial charge in [0.25, 0.3) is 0 Å². The van der Waals surface area contributed by atoms with Crippen LogP contribution in [0.15, 0.2) is 40.9 Å². The van der Waals surface area contributed by atoms with Gasteiger partial charge >= 0.3 is 0 Å². The number of anilines is 1. The van der Waals surface area contributed by atoms with E-state index in [2.05, 4.69) is 48.0 Å². The van der Waals surface area contributed by atoms with Crippen LogP contribution in [0.2, 0.25) is 0 Å². The number of rotatable bonds is 3. The number of hydrogen-bond donors (Lipinski definition) is 1.